The van der Waals surface area contributed by atoms with Gasteiger partial charge in [0, 0.05) is 18.3 Å². The fourth-order valence-electron chi connectivity index (χ4n) is 2.85. The van der Waals surface area contributed by atoms with Gasteiger partial charge >= 0.3 is 5.97 Å². The van der Waals surface area contributed by atoms with Gasteiger partial charge in [0.05, 0.1) is 25.4 Å². The molecule has 0 saturated heterocycles. The predicted octanol–water partition coefficient (Wildman–Crippen LogP) is -3.27. The zero-order valence-corrected chi connectivity index (χ0v) is 18.4. The summed E-state index contributed by atoms with van der Waals surface area (Å²) in [6.07, 6.45) is 2.47. The third-order valence-corrected chi connectivity index (χ3v) is 4.51. The van der Waals surface area contributed by atoms with Gasteiger partial charge in [0.15, 0.2) is 0 Å². The highest BCUT2D eigenvalue weighted by Gasteiger charge is 2.31. The number of hydrogen-bond acceptors (Lipinski definition) is 8. The van der Waals surface area contributed by atoms with Crippen molar-refractivity contribution in [2.45, 2.75) is 57.3 Å². The summed E-state index contributed by atoms with van der Waals surface area (Å²) >= 11 is 0. The van der Waals surface area contributed by atoms with Gasteiger partial charge in [-0.05, 0) is 12.3 Å². The Morgan fingerprint density at radius 1 is 1.03 bits per heavy atom. The van der Waals surface area contributed by atoms with Gasteiger partial charge in [-0.1, -0.05) is 13.8 Å². The molecule has 1 aromatic heterocycles. The van der Waals surface area contributed by atoms with Gasteiger partial charge in [0.2, 0.25) is 23.6 Å². The topological polar surface area (TPSA) is 243 Å². The second kappa shape index (κ2) is 13.1. The van der Waals surface area contributed by atoms with Crippen molar-refractivity contribution in [2.24, 2.45) is 17.4 Å². The largest absolute Gasteiger partial charge is 0.480 e. The number of amides is 4. The van der Waals surface area contributed by atoms with E-state index in [1.807, 2.05) is 0 Å². The molecule has 0 radical (unpaired) electrons. The molecule has 14 nitrogen and oxygen atoms in total. The third-order valence-electron chi connectivity index (χ3n) is 4.51. The number of carbonyl (C=O) groups is 5. The predicted molar refractivity (Wildman–Crippen MR) is 114 cm³/mol. The Balaban J connectivity index is 2.83. The van der Waals surface area contributed by atoms with Crippen LogP contribution in [0.25, 0.3) is 0 Å². The number of carboxylic acids is 1. The number of carbonyl (C=O) groups excluding carboxylic acids is 4. The molecule has 4 unspecified atom stereocenters. The number of imidazole rings is 1. The molecule has 33 heavy (non-hydrogen) atoms. The van der Waals surface area contributed by atoms with Crippen LogP contribution in [0.1, 0.15) is 32.4 Å². The number of primary amides is 1. The van der Waals surface area contributed by atoms with E-state index in [4.69, 9.17) is 11.5 Å². The lowest BCUT2D eigenvalue weighted by atomic mass is 10.0. The molecular weight excluding hydrogens is 438 g/mol. The normalized spacial score (nSPS) is 14.6. The molecule has 1 heterocycles. The highest BCUT2D eigenvalue weighted by atomic mass is 16.4. The molecule has 0 saturated carbocycles. The van der Waals surface area contributed by atoms with Crippen molar-refractivity contribution in [3.63, 3.8) is 0 Å². The first-order valence-corrected chi connectivity index (χ1v) is 10.2. The number of hydrogen-bond donors (Lipinski definition) is 8. The Kier molecular flexibility index (Phi) is 10.9. The average molecular weight is 469 g/mol. The van der Waals surface area contributed by atoms with E-state index < -0.39 is 66.8 Å². The zero-order valence-electron chi connectivity index (χ0n) is 18.4. The number of aromatic amines is 1. The van der Waals surface area contributed by atoms with E-state index in [-0.39, 0.29) is 18.8 Å². The Hall–Kier alpha value is -3.52. The van der Waals surface area contributed by atoms with Gasteiger partial charge in [-0.25, -0.2) is 9.78 Å². The first-order chi connectivity index (χ1) is 15.4. The molecule has 0 aromatic carbocycles. The van der Waals surface area contributed by atoms with Crippen molar-refractivity contribution in [3.8, 4) is 0 Å². The van der Waals surface area contributed by atoms with Crippen molar-refractivity contribution in [1.82, 2.24) is 25.9 Å². The highest BCUT2D eigenvalue weighted by Crippen LogP contribution is 2.06. The number of aliphatic hydroxyl groups is 1. The van der Waals surface area contributed by atoms with E-state index in [0.29, 0.717) is 5.69 Å². The molecule has 0 bridgehead atoms. The monoisotopic (exact) mass is 469 g/mol. The standard InChI is InChI=1S/C19H31N7O7/c1-9(2)3-13(19(32)33)25-18(31)14(7-27)26-17(30)12(5-15(21)28)24-16(29)11(20)4-10-6-22-8-23-10/h6,8-9,11-14,27H,3-5,7,20H2,1-2H3,(H2,21,28)(H,22,23)(H,24,29)(H,25,31)(H,26,30)(H,32,33). The van der Waals surface area contributed by atoms with Crippen molar-refractivity contribution < 1.29 is 34.2 Å². The summed E-state index contributed by atoms with van der Waals surface area (Å²) < 4.78 is 0. The summed E-state index contributed by atoms with van der Waals surface area (Å²) in [5.41, 5.74) is 11.5. The molecule has 0 fully saturated rings. The zero-order chi connectivity index (χ0) is 25.1. The second-order valence-electron chi connectivity index (χ2n) is 7.89. The van der Waals surface area contributed by atoms with Gasteiger partial charge in [0.1, 0.15) is 18.1 Å². The number of aliphatic hydroxyl groups excluding tert-OH is 1. The summed E-state index contributed by atoms with van der Waals surface area (Å²) in [4.78, 5) is 66.7. The van der Waals surface area contributed by atoms with Crippen LogP contribution in [0.4, 0.5) is 0 Å². The summed E-state index contributed by atoms with van der Waals surface area (Å²) in [7, 11) is 0. The fraction of sp³-hybridized carbons (Fsp3) is 0.579. The van der Waals surface area contributed by atoms with Gasteiger partial charge in [-0.2, -0.15) is 0 Å². The maximum atomic E-state index is 12.6. The smallest absolute Gasteiger partial charge is 0.326 e. The van der Waals surface area contributed by atoms with Crippen molar-refractivity contribution in [1.29, 1.82) is 0 Å². The minimum Gasteiger partial charge on any atom is -0.480 e. The van der Waals surface area contributed by atoms with E-state index in [1.165, 1.54) is 12.5 Å². The van der Waals surface area contributed by atoms with E-state index in [1.54, 1.807) is 13.8 Å². The molecule has 1 rings (SSSR count). The number of nitrogens with zero attached hydrogens (tertiary/aromatic N) is 1. The van der Waals surface area contributed by atoms with E-state index >= 15 is 0 Å². The van der Waals surface area contributed by atoms with E-state index in [9.17, 15) is 34.2 Å². The van der Waals surface area contributed by atoms with Crippen LogP contribution in [0.15, 0.2) is 12.5 Å². The SMILES string of the molecule is CC(C)CC(NC(=O)C(CO)NC(=O)C(CC(N)=O)NC(=O)C(N)Cc1cnc[nH]1)C(=O)O. The second-order valence-corrected chi connectivity index (χ2v) is 7.89. The Labute approximate surface area is 189 Å². The third kappa shape index (κ3) is 9.65. The number of nitrogens with one attached hydrogen (secondary N) is 4. The molecule has 0 spiro atoms. The molecule has 4 amide bonds. The van der Waals surface area contributed by atoms with Crippen LogP contribution < -0.4 is 27.4 Å². The summed E-state index contributed by atoms with van der Waals surface area (Å²) in [6.45, 7) is 2.67. The lowest BCUT2D eigenvalue weighted by molar-refractivity contribution is -0.143. The lowest BCUT2D eigenvalue weighted by Crippen LogP contribution is -2.58. The number of nitrogens with two attached hydrogens (primary N) is 2. The van der Waals surface area contributed by atoms with E-state index in [0.717, 1.165) is 0 Å². The first-order valence-electron chi connectivity index (χ1n) is 10.2. The van der Waals surface area contributed by atoms with Gasteiger partial charge in [-0.3, -0.25) is 19.2 Å². The number of H-pyrrole nitrogens is 1. The van der Waals surface area contributed by atoms with Crippen LogP contribution in [-0.4, -0.2) is 80.6 Å². The Morgan fingerprint density at radius 2 is 1.61 bits per heavy atom. The number of carboxylic acid groups (broad SMARTS) is 1. The minimum absolute atomic E-state index is 0.0466. The highest BCUT2D eigenvalue weighted by molar-refractivity contribution is 5.96. The van der Waals surface area contributed by atoms with Crippen LogP contribution in [-0.2, 0) is 30.4 Å². The molecule has 4 atom stereocenters. The molecule has 14 heteroatoms. The van der Waals surface area contributed by atoms with Gasteiger partial charge in [0.25, 0.3) is 0 Å². The molecule has 184 valence electrons. The fourth-order valence-corrected chi connectivity index (χ4v) is 2.85. The molecular formula is C19H31N7O7. The van der Waals surface area contributed by atoms with Gasteiger partial charge in [-0.15, -0.1) is 0 Å². The van der Waals surface area contributed by atoms with E-state index in [2.05, 4.69) is 25.9 Å². The van der Waals surface area contributed by atoms with Crippen LogP contribution in [0, 0.1) is 5.92 Å². The van der Waals surface area contributed by atoms with Crippen molar-refractivity contribution in [2.75, 3.05) is 6.61 Å². The number of aromatic nitrogens is 2. The maximum absolute atomic E-state index is 12.6. The van der Waals surface area contributed by atoms with Crippen molar-refractivity contribution in [3.05, 3.63) is 18.2 Å². The van der Waals surface area contributed by atoms with Crippen LogP contribution in [0.3, 0.4) is 0 Å². The Morgan fingerprint density at radius 3 is 2.09 bits per heavy atom. The summed E-state index contributed by atoms with van der Waals surface area (Å²) in [6, 6.07) is -5.32. The summed E-state index contributed by atoms with van der Waals surface area (Å²) in [5.74, 6) is -4.93. The molecule has 10 N–H and O–H groups in total. The molecule has 0 aliphatic carbocycles. The minimum atomic E-state index is -1.53. The summed E-state index contributed by atoms with van der Waals surface area (Å²) in [5, 5.41) is 25.5. The molecule has 0 aliphatic heterocycles. The average Bonchev–Trinajstić information content (AvgIpc) is 3.22. The van der Waals surface area contributed by atoms with Crippen LogP contribution in [0.2, 0.25) is 0 Å². The lowest BCUT2D eigenvalue weighted by Gasteiger charge is -2.24. The molecule has 1 aromatic rings. The number of aliphatic carboxylic acids is 1. The molecule has 0 aliphatic rings. The van der Waals surface area contributed by atoms with Crippen molar-refractivity contribution >= 4 is 29.6 Å². The van der Waals surface area contributed by atoms with Crippen LogP contribution >= 0.6 is 0 Å². The van der Waals surface area contributed by atoms with Crippen LogP contribution in [0.5, 0.6) is 0 Å². The van der Waals surface area contributed by atoms with Gasteiger partial charge < -0.3 is 42.6 Å². The Bertz CT molecular complexity index is 828. The maximum Gasteiger partial charge on any atom is 0.326 e. The number of rotatable bonds is 14. The quantitative estimate of drug-likeness (QED) is 0.136. The first kappa shape index (κ1) is 27.5.